The molecule has 6 nitrogen and oxygen atoms in total. The third-order valence-corrected chi connectivity index (χ3v) is 8.99. The molecule has 9 rings (SSSR count). The van der Waals surface area contributed by atoms with Crippen molar-refractivity contribution in [3.05, 3.63) is 156 Å². The average Bonchev–Trinajstić information content (AvgIpc) is 3.63. The Morgan fingerprint density at radius 3 is 1.20 bits per heavy atom. The lowest BCUT2D eigenvalue weighted by atomic mass is 10.2. The third kappa shape index (κ3) is 4.20. The van der Waals surface area contributed by atoms with Crippen LogP contribution in [-0.2, 0) is 0 Å². The fourth-order valence-corrected chi connectivity index (χ4v) is 6.73. The minimum absolute atomic E-state index is 0.511. The number of nitrogens with zero attached hydrogens (tertiary/aromatic N) is 6. The van der Waals surface area contributed by atoms with Gasteiger partial charge in [0.15, 0.2) is 0 Å². The van der Waals surface area contributed by atoms with Gasteiger partial charge in [0.25, 0.3) is 0 Å². The van der Waals surface area contributed by atoms with E-state index in [-0.39, 0.29) is 0 Å². The van der Waals surface area contributed by atoms with Crippen molar-refractivity contribution in [3.8, 4) is 11.9 Å². The number of rotatable bonds is 5. The van der Waals surface area contributed by atoms with Gasteiger partial charge in [-0.3, -0.25) is 14.0 Å². The van der Waals surface area contributed by atoms with Crippen molar-refractivity contribution in [2.45, 2.75) is 0 Å². The molecule has 3 heterocycles. The van der Waals surface area contributed by atoms with Crippen LogP contribution in [0.4, 0.5) is 17.3 Å². The van der Waals surface area contributed by atoms with Gasteiger partial charge in [0.2, 0.25) is 17.8 Å². The van der Waals surface area contributed by atoms with Crippen molar-refractivity contribution in [1.82, 2.24) is 24.1 Å². The molecule has 0 aliphatic heterocycles. The van der Waals surface area contributed by atoms with Crippen molar-refractivity contribution < 1.29 is 0 Å². The number of fused-ring (bicyclic) bond motifs is 6. The molecule has 0 saturated carbocycles. The van der Waals surface area contributed by atoms with E-state index >= 15 is 0 Å². The van der Waals surface area contributed by atoms with Crippen LogP contribution in [-0.4, -0.2) is 24.1 Å². The lowest BCUT2D eigenvalue weighted by Gasteiger charge is -2.24. The van der Waals surface area contributed by atoms with E-state index in [2.05, 4.69) is 151 Å². The predicted molar refractivity (Wildman–Crippen MR) is 191 cm³/mol. The quantitative estimate of drug-likeness (QED) is 0.185. The Morgan fingerprint density at radius 2 is 0.761 bits per heavy atom. The van der Waals surface area contributed by atoms with E-state index in [1.54, 1.807) is 0 Å². The maximum atomic E-state index is 5.27. The summed E-state index contributed by atoms with van der Waals surface area (Å²) in [5, 5.41) is 4.58. The predicted octanol–water partition coefficient (Wildman–Crippen LogP) is 10.3. The zero-order valence-electron chi connectivity index (χ0n) is 24.5. The van der Waals surface area contributed by atoms with Crippen molar-refractivity contribution in [3.63, 3.8) is 0 Å². The molecule has 6 aromatic carbocycles. The number of hydrogen-bond donors (Lipinski definition) is 0. The van der Waals surface area contributed by atoms with Crippen molar-refractivity contribution in [1.29, 1.82) is 0 Å². The van der Waals surface area contributed by atoms with Gasteiger partial charge in [-0.25, -0.2) is 0 Å². The largest absolute Gasteiger partial charge is 0.279 e. The topological polar surface area (TPSA) is 51.8 Å². The van der Waals surface area contributed by atoms with Gasteiger partial charge >= 0.3 is 0 Å². The summed E-state index contributed by atoms with van der Waals surface area (Å²) in [6.07, 6.45) is 0. The number of anilines is 3. The molecule has 46 heavy (non-hydrogen) atoms. The van der Waals surface area contributed by atoms with E-state index in [0.717, 1.165) is 59.5 Å². The van der Waals surface area contributed by atoms with Gasteiger partial charge in [0.05, 0.1) is 22.1 Å². The molecule has 0 saturated heterocycles. The Kier molecular flexibility index (Phi) is 6.18. The summed E-state index contributed by atoms with van der Waals surface area (Å²) < 4.78 is 5.30. The van der Waals surface area contributed by atoms with Crippen LogP contribution in [0.1, 0.15) is 0 Å². The molecule has 0 unspecified atom stereocenters. The molecule has 0 bridgehead atoms. The first kappa shape index (κ1) is 26.6. The fourth-order valence-electron chi connectivity index (χ4n) is 6.47. The standard InChI is InChI=1S/C39H25BrN6/c40-26-22-24-28(25-23-26)44(27-12-2-1-3-13-27)37-41-38(45-33-18-8-4-14-29(33)30-15-5-9-19-34(30)45)43-39(42-37)46-35-20-10-6-16-31(35)32-17-7-11-21-36(32)46/h1-25H. The highest BCUT2D eigenvalue weighted by Crippen LogP contribution is 2.37. The molecular weight excluding hydrogens is 632 g/mol. The summed E-state index contributed by atoms with van der Waals surface area (Å²) in [6.45, 7) is 0. The Balaban J connectivity index is 1.41. The van der Waals surface area contributed by atoms with Gasteiger partial charge in [0, 0.05) is 37.4 Å². The van der Waals surface area contributed by atoms with Crippen LogP contribution in [0.3, 0.4) is 0 Å². The molecule has 0 amide bonds. The summed E-state index contributed by atoms with van der Waals surface area (Å²) in [5.74, 6) is 1.59. The first-order valence-electron chi connectivity index (χ1n) is 15.1. The molecule has 0 fully saturated rings. The normalized spacial score (nSPS) is 11.6. The van der Waals surface area contributed by atoms with Crippen LogP contribution in [0.25, 0.3) is 55.5 Å². The van der Waals surface area contributed by atoms with Crippen LogP contribution in [0.5, 0.6) is 0 Å². The summed E-state index contributed by atoms with van der Waals surface area (Å²) >= 11 is 3.61. The van der Waals surface area contributed by atoms with Crippen LogP contribution >= 0.6 is 15.9 Å². The van der Waals surface area contributed by atoms with Crippen LogP contribution in [0.15, 0.2) is 156 Å². The lowest BCUT2D eigenvalue weighted by Crippen LogP contribution is -2.18. The van der Waals surface area contributed by atoms with Gasteiger partial charge in [-0.1, -0.05) is 107 Å². The minimum atomic E-state index is 0.511. The maximum Gasteiger partial charge on any atom is 0.241 e. The number of para-hydroxylation sites is 5. The molecule has 0 aliphatic rings. The van der Waals surface area contributed by atoms with E-state index in [1.807, 2.05) is 30.3 Å². The highest BCUT2D eigenvalue weighted by atomic mass is 79.9. The highest BCUT2D eigenvalue weighted by Gasteiger charge is 2.23. The Bertz CT molecular complexity index is 2310. The zero-order valence-corrected chi connectivity index (χ0v) is 26.1. The summed E-state index contributed by atoms with van der Waals surface area (Å²) in [5.41, 5.74) is 6.00. The lowest BCUT2D eigenvalue weighted by molar-refractivity contribution is 0.878. The summed E-state index contributed by atoms with van der Waals surface area (Å²) in [6, 6.07) is 52.1. The highest BCUT2D eigenvalue weighted by molar-refractivity contribution is 9.10. The number of hydrogen-bond acceptors (Lipinski definition) is 4. The van der Waals surface area contributed by atoms with E-state index < -0.39 is 0 Å². The summed E-state index contributed by atoms with van der Waals surface area (Å²) in [4.78, 5) is 17.9. The van der Waals surface area contributed by atoms with Crippen LogP contribution in [0, 0.1) is 0 Å². The number of halogens is 1. The molecule has 0 spiro atoms. The second-order valence-electron chi connectivity index (χ2n) is 11.1. The molecule has 3 aromatic heterocycles. The molecule has 0 radical (unpaired) electrons. The maximum absolute atomic E-state index is 5.27. The first-order chi connectivity index (χ1) is 22.7. The number of aromatic nitrogens is 5. The van der Waals surface area contributed by atoms with E-state index in [4.69, 9.17) is 15.0 Å². The SMILES string of the molecule is Brc1ccc(N(c2ccccc2)c2nc(-n3c4ccccc4c4ccccc43)nc(-n3c4ccccc4c4ccccc43)n2)cc1. The molecule has 0 atom stereocenters. The Morgan fingerprint density at radius 1 is 0.391 bits per heavy atom. The number of benzene rings is 6. The fraction of sp³-hybridized carbons (Fsp3) is 0. The summed E-state index contributed by atoms with van der Waals surface area (Å²) in [7, 11) is 0. The van der Waals surface area contributed by atoms with Gasteiger partial charge in [-0.2, -0.15) is 15.0 Å². The van der Waals surface area contributed by atoms with Gasteiger partial charge in [0.1, 0.15) is 0 Å². The third-order valence-electron chi connectivity index (χ3n) is 8.46. The molecule has 0 aliphatic carbocycles. The average molecular weight is 658 g/mol. The molecule has 9 aromatic rings. The smallest absolute Gasteiger partial charge is 0.241 e. The van der Waals surface area contributed by atoms with Gasteiger partial charge < -0.3 is 0 Å². The van der Waals surface area contributed by atoms with E-state index in [0.29, 0.717) is 17.8 Å². The monoisotopic (exact) mass is 656 g/mol. The Labute approximate surface area is 273 Å². The van der Waals surface area contributed by atoms with Crippen molar-refractivity contribution in [2.75, 3.05) is 4.90 Å². The zero-order chi connectivity index (χ0) is 30.6. The minimum Gasteiger partial charge on any atom is -0.279 e. The van der Waals surface area contributed by atoms with Gasteiger partial charge in [-0.15, -0.1) is 0 Å². The molecular formula is C39H25BrN6. The van der Waals surface area contributed by atoms with Crippen molar-refractivity contribution in [2.24, 2.45) is 0 Å². The molecule has 218 valence electrons. The molecule has 0 N–H and O–H groups in total. The second-order valence-corrected chi connectivity index (χ2v) is 12.0. The molecule has 7 heteroatoms. The van der Waals surface area contributed by atoms with Crippen LogP contribution < -0.4 is 4.90 Å². The Hall–Kier alpha value is -5.79. The van der Waals surface area contributed by atoms with Gasteiger partial charge in [-0.05, 0) is 60.7 Å². The first-order valence-corrected chi connectivity index (χ1v) is 15.9. The van der Waals surface area contributed by atoms with E-state index in [1.165, 1.54) is 0 Å². The van der Waals surface area contributed by atoms with E-state index in [9.17, 15) is 0 Å². The van der Waals surface area contributed by atoms with Crippen LogP contribution in [0.2, 0.25) is 0 Å². The second kappa shape index (κ2) is 10.7. The van der Waals surface area contributed by atoms with Crippen molar-refractivity contribution >= 4 is 76.9 Å².